The molecular weight excluding hydrogens is 260 g/mol. The van der Waals surface area contributed by atoms with Crippen molar-refractivity contribution >= 4 is 26.7 Å². The van der Waals surface area contributed by atoms with E-state index in [1.165, 1.54) is 22.8 Å². The van der Waals surface area contributed by atoms with Crippen LogP contribution in [-0.4, -0.2) is 4.83 Å². The van der Waals surface area contributed by atoms with Crippen LogP contribution in [0.2, 0.25) is 0 Å². The smallest absolute Gasteiger partial charge is 0.0123 e. The molecule has 0 bridgehead atoms. The van der Waals surface area contributed by atoms with Gasteiger partial charge in [0, 0.05) is 4.83 Å². The van der Waals surface area contributed by atoms with Crippen LogP contribution >= 0.6 is 15.9 Å². The molecule has 84 valence electrons. The van der Waals surface area contributed by atoms with E-state index < -0.39 is 0 Å². The van der Waals surface area contributed by atoms with Crippen molar-refractivity contribution in [1.29, 1.82) is 0 Å². The fourth-order valence-corrected chi connectivity index (χ4v) is 2.86. The van der Waals surface area contributed by atoms with Crippen molar-refractivity contribution in [1.82, 2.24) is 0 Å². The van der Waals surface area contributed by atoms with Crippen molar-refractivity contribution in [2.24, 2.45) is 0 Å². The van der Waals surface area contributed by atoms with Crippen LogP contribution in [0.25, 0.3) is 10.8 Å². The Morgan fingerprint density at radius 1 is 1.00 bits per heavy atom. The van der Waals surface area contributed by atoms with Gasteiger partial charge in [-0.1, -0.05) is 72.2 Å². The molecule has 0 spiro atoms. The van der Waals surface area contributed by atoms with E-state index in [1.807, 2.05) is 0 Å². The standard InChI is InChI=1S/C15H17Br/c1-11(10-12(2)16)14-9-5-7-13-6-3-4-8-15(13)14/h3-9,11-12H,10H2,1-2H3. The Balaban J connectivity index is 2.44. The van der Waals surface area contributed by atoms with Crippen LogP contribution in [-0.2, 0) is 0 Å². The molecule has 0 aliphatic heterocycles. The molecule has 0 fully saturated rings. The van der Waals surface area contributed by atoms with Crippen LogP contribution in [0.4, 0.5) is 0 Å². The van der Waals surface area contributed by atoms with Crippen molar-refractivity contribution in [3.05, 3.63) is 48.0 Å². The minimum Gasteiger partial charge on any atom is -0.0893 e. The zero-order chi connectivity index (χ0) is 11.5. The molecule has 0 saturated carbocycles. The lowest BCUT2D eigenvalue weighted by molar-refractivity contribution is 0.686. The van der Waals surface area contributed by atoms with Gasteiger partial charge in [0.2, 0.25) is 0 Å². The number of rotatable bonds is 3. The molecule has 0 heterocycles. The molecule has 0 aliphatic carbocycles. The minimum absolute atomic E-state index is 0.571. The molecule has 0 aromatic heterocycles. The van der Waals surface area contributed by atoms with Gasteiger partial charge in [0.1, 0.15) is 0 Å². The molecule has 2 rings (SSSR count). The van der Waals surface area contributed by atoms with Gasteiger partial charge in [-0.05, 0) is 28.7 Å². The summed E-state index contributed by atoms with van der Waals surface area (Å²) in [5, 5.41) is 2.74. The first kappa shape index (κ1) is 11.7. The quantitative estimate of drug-likeness (QED) is 0.683. The van der Waals surface area contributed by atoms with Gasteiger partial charge in [-0.15, -0.1) is 0 Å². The summed E-state index contributed by atoms with van der Waals surface area (Å²) in [7, 11) is 0. The van der Waals surface area contributed by atoms with Gasteiger partial charge < -0.3 is 0 Å². The van der Waals surface area contributed by atoms with Gasteiger partial charge >= 0.3 is 0 Å². The average molecular weight is 277 g/mol. The summed E-state index contributed by atoms with van der Waals surface area (Å²) in [4.78, 5) is 0.571. The van der Waals surface area contributed by atoms with E-state index in [2.05, 4.69) is 72.2 Å². The van der Waals surface area contributed by atoms with Gasteiger partial charge in [0.25, 0.3) is 0 Å². The molecule has 0 saturated heterocycles. The Hall–Kier alpha value is -0.820. The van der Waals surface area contributed by atoms with E-state index in [0.29, 0.717) is 10.7 Å². The Bertz CT molecular complexity index is 468. The maximum absolute atomic E-state index is 3.64. The Morgan fingerprint density at radius 3 is 2.44 bits per heavy atom. The summed E-state index contributed by atoms with van der Waals surface area (Å²) in [5.41, 5.74) is 1.46. The fraction of sp³-hybridized carbons (Fsp3) is 0.333. The first-order chi connectivity index (χ1) is 7.68. The topological polar surface area (TPSA) is 0 Å². The molecule has 0 amide bonds. The summed E-state index contributed by atoms with van der Waals surface area (Å²) < 4.78 is 0. The van der Waals surface area contributed by atoms with Crippen LogP contribution < -0.4 is 0 Å². The first-order valence-electron chi connectivity index (χ1n) is 5.80. The third kappa shape index (κ3) is 2.46. The second-order valence-corrected chi connectivity index (χ2v) is 6.05. The number of fused-ring (bicyclic) bond motifs is 1. The highest BCUT2D eigenvalue weighted by Gasteiger charge is 2.11. The van der Waals surface area contributed by atoms with E-state index in [0.717, 1.165) is 0 Å². The van der Waals surface area contributed by atoms with E-state index in [-0.39, 0.29) is 0 Å². The summed E-state index contributed by atoms with van der Waals surface area (Å²) in [6, 6.07) is 15.2. The van der Waals surface area contributed by atoms with Crippen LogP contribution in [0.3, 0.4) is 0 Å². The maximum Gasteiger partial charge on any atom is 0.0123 e. The van der Waals surface area contributed by atoms with Gasteiger partial charge in [-0.3, -0.25) is 0 Å². The third-order valence-corrected chi connectivity index (χ3v) is 3.41. The van der Waals surface area contributed by atoms with Gasteiger partial charge in [-0.2, -0.15) is 0 Å². The fourth-order valence-electron chi connectivity index (χ4n) is 2.29. The first-order valence-corrected chi connectivity index (χ1v) is 6.72. The summed E-state index contributed by atoms with van der Waals surface area (Å²) >= 11 is 3.64. The van der Waals surface area contributed by atoms with Crippen molar-refractivity contribution < 1.29 is 0 Å². The molecule has 0 N–H and O–H groups in total. The van der Waals surface area contributed by atoms with Crippen LogP contribution in [0.5, 0.6) is 0 Å². The molecule has 0 radical (unpaired) electrons. The molecule has 16 heavy (non-hydrogen) atoms. The second-order valence-electron chi connectivity index (χ2n) is 4.49. The second kappa shape index (κ2) is 5.01. The molecule has 2 aromatic rings. The Kier molecular flexibility index (Phi) is 3.65. The third-order valence-electron chi connectivity index (χ3n) is 3.03. The molecule has 2 aromatic carbocycles. The Morgan fingerprint density at radius 2 is 1.69 bits per heavy atom. The van der Waals surface area contributed by atoms with Crippen LogP contribution in [0.1, 0.15) is 31.7 Å². The number of benzene rings is 2. The predicted octanol–water partition coefficient (Wildman–Crippen LogP) is 5.12. The van der Waals surface area contributed by atoms with Crippen molar-refractivity contribution in [2.75, 3.05) is 0 Å². The Labute approximate surface area is 106 Å². The van der Waals surface area contributed by atoms with Gasteiger partial charge in [0.05, 0.1) is 0 Å². The van der Waals surface area contributed by atoms with Crippen molar-refractivity contribution in [3.63, 3.8) is 0 Å². The number of halogens is 1. The predicted molar refractivity (Wildman–Crippen MR) is 75.4 cm³/mol. The van der Waals surface area contributed by atoms with Crippen molar-refractivity contribution in [3.8, 4) is 0 Å². The van der Waals surface area contributed by atoms with Crippen LogP contribution in [0.15, 0.2) is 42.5 Å². The van der Waals surface area contributed by atoms with Gasteiger partial charge in [0.15, 0.2) is 0 Å². The monoisotopic (exact) mass is 276 g/mol. The minimum atomic E-state index is 0.571. The normalized spacial score (nSPS) is 14.9. The van der Waals surface area contributed by atoms with E-state index in [1.54, 1.807) is 0 Å². The highest BCUT2D eigenvalue weighted by atomic mass is 79.9. The zero-order valence-electron chi connectivity index (χ0n) is 9.78. The maximum atomic E-state index is 3.64. The summed E-state index contributed by atoms with van der Waals surface area (Å²) in [5.74, 6) is 0.598. The van der Waals surface area contributed by atoms with E-state index in [4.69, 9.17) is 0 Å². The highest BCUT2D eigenvalue weighted by Crippen LogP contribution is 2.29. The van der Waals surface area contributed by atoms with E-state index >= 15 is 0 Å². The van der Waals surface area contributed by atoms with Gasteiger partial charge in [-0.25, -0.2) is 0 Å². The lowest BCUT2D eigenvalue weighted by atomic mass is 9.92. The largest absolute Gasteiger partial charge is 0.0893 e. The lowest BCUT2D eigenvalue weighted by Gasteiger charge is -2.15. The zero-order valence-corrected chi connectivity index (χ0v) is 11.4. The lowest BCUT2D eigenvalue weighted by Crippen LogP contribution is -2.01. The average Bonchev–Trinajstić information content (AvgIpc) is 2.27. The van der Waals surface area contributed by atoms with Crippen molar-refractivity contribution in [2.45, 2.75) is 31.0 Å². The number of alkyl halides is 1. The summed E-state index contributed by atoms with van der Waals surface area (Å²) in [6.45, 7) is 4.52. The van der Waals surface area contributed by atoms with Crippen LogP contribution in [0, 0.1) is 0 Å². The molecule has 2 atom stereocenters. The molecule has 1 heteroatoms. The molecular formula is C15H17Br. The van der Waals surface area contributed by atoms with E-state index in [9.17, 15) is 0 Å². The highest BCUT2D eigenvalue weighted by molar-refractivity contribution is 9.09. The SMILES string of the molecule is CC(Br)CC(C)c1cccc2ccccc12. The number of hydrogen-bond acceptors (Lipinski definition) is 0. The molecule has 2 unspecified atom stereocenters. The number of hydrogen-bond donors (Lipinski definition) is 0. The summed E-state index contributed by atoms with van der Waals surface area (Å²) in [6.07, 6.45) is 1.17. The molecule has 0 nitrogen and oxygen atoms in total. The molecule has 0 aliphatic rings.